The molecule has 1 atom stereocenters. The number of nitrogens with two attached hydrogens (primary N) is 1. The summed E-state index contributed by atoms with van der Waals surface area (Å²) in [6, 6.07) is 12.4. The summed E-state index contributed by atoms with van der Waals surface area (Å²) in [4.78, 5) is 17.9. The van der Waals surface area contributed by atoms with E-state index in [0.29, 0.717) is 0 Å². The van der Waals surface area contributed by atoms with Gasteiger partial charge in [-0.2, -0.15) is 0 Å². The Balaban J connectivity index is 0.000000273. The summed E-state index contributed by atoms with van der Waals surface area (Å²) in [5, 5.41) is 8.72. The Morgan fingerprint density at radius 2 is 1.62 bits per heavy atom. The number of aromatic nitrogens is 1. The van der Waals surface area contributed by atoms with E-state index in [2.05, 4.69) is 76.0 Å². The van der Waals surface area contributed by atoms with E-state index in [9.17, 15) is 4.79 Å². The lowest BCUT2D eigenvalue weighted by atomic mass is 9.63. The Morgan fingerprint density at radius 1 is 1.03 bits per heavy atom. The van der Waals surface area contributed by atoms with Gasteiger partial charge in [0.25, 0.3) is 0 Å². The van der Waals surface area contributed by atoms with Crippen molar-refractivity contribution in [3.05, 3.63) is 53.2 Å². The molecule has 0 radical (unpaired) electrons. The van der Waals surface area contributed by atoms with Crippen molar-refractivity contribution in [3.8, 4) is 11.3 Å². The SMILES string of the molecule is CCCN(CCC)C(=O)C(N)CO.Cc1cccc(-c2ccc3c(c2)C(C)(C)CCC3(C)C)n1. The van der Waals surface area contributed by atoms with E-state index in [1.807, 2.05) is 13.8 Å². The number of nitrogens with zero attached hydrogens (tertiary/aromatic N) is 2. The van der Waals surface area contributed by atoms with Gasteiger partial charge in [-0.25, -0.2) is 0 Å². The van der Waals surface area contributed by atoms with Crippen molar-refractivity contribution in [2.24, 2.45) is 5.73 Å². The molecule has 0 fully saturated rings. The largest absolute Gasteiger partial charge is 0.394 e. The van der Waals surface area contributed by atoms with Crippen LogP contribution in [-0.4, -0.2) is 46.6 Å². The Hall–Kier alpha value is -2.24. The summed E-state index contributed by atoms with van der Waals surface area (Å²) in [5.74, 6) is -0.147. The molecular weight excluding hydrogens is 422 g/mol. The Kier molecular flexibility index (Phi) is 9.84. The second-order valence-corrected chi connectivity index (χ2v) is 10.8. The molecule has 0 bridgehead atoms. The molecular formula is C29H45N3O2. The lowest BCUT2D eigenvalue weighted by Gasteiger charge is -2.42. The molecule has 1 aromatic carbocycles. The summed E-state index contributed by atoms with van der Waals surface area (Å²) in [7, 11) is 0. The van der Waals surface area contributed by atoms with Crippen LogP contribution >= 0.6 is 0 Å². The average molecular weight is 468 g/mol. The fourth-order valence-electron chi connectivity index (χ4n) is 4.64. The predicted octanol–water partition coefficient (Wildman–Crippen LogP) is 5.36. The first-order chi connectivity index (χ1) is 16.0. The van der Waals surface area contributed by atoms with Gasteiger partial charge in [-0.1, -0.05) is 59.7 Å². The third kappa shape index (κ3) is 6.89. The van der Waals surface area contributed by atoms with Crippen LogP contribution in [0.5, 0.6) is 0 Å². The number of aryl methyl sites for hydroxylation is 1. The van der Waals surface area contributed by atoms with Crippen LogP contribution in [0.15, 0.2) is 36.4 Å². The highest BCUT2D eigenvalue weighted by Crippen LogP contribution is 2.46. The number of benzene rings is 1. The molecule has 0 saturated carbocycles. The average Bonchev–Trinajstić information content (AvgIpc) is 2.81. The van der Waals surface area contributed by atoms with Crippen molar-refractivity contribution in [2.75, 3.05) is 19.7 Å². The maximum absolute atomic E-state index is 11.5. The maximum Gasteiger partial charge on any atom is 0.241 e. The molecule has 0 aliphatic heterocycles. The van der Waals surface area contributed by atoms with Gasteiger partial charge in [0, 0.05) is 24.3 Å². The molecule has 1 aliphatic carbocycles. The minimum atomic E-state index is -0.752. The predicted molar refractivity (Wildman–Crippen MR) is 142 cm³/mol. The molecule has 1 amide bonds. The van der Waals surface area contributed by atoms with Gasteiger partial charge in [-0.05, 0) is 72.8 Å². The number of hydrogen-bond donors (Lipinski definition) is 2. The minimum Gasteiger partial charge on any atom is -0.394 e. The second-order valence-electron chi connectivity index (χ2n) is 10.8. The molecule has 5 nitrogen and oxygen atoms in total. The van der Waals surface area contributed by atoms with E-state index in [0.717, 1.165) is 37.3 Å². The molecule has 3 N–H and O–H groups in total. The van der Waals surface area contributed by atoms with Gasteiger partial charge in [-0.15, -0.1) is 0 Å². The number of hydrogen-bond acceptors (Lipinski definition) is 4. The van der Waals surface area contributed by atoms with E-state index in [-0.39, 0.29) is 23.3 Å². The van der Waals surface area contributed by atoms with Gasteiger partial charge >= 0.3 is 0 Å². The van der Waals surface area contributed by atoms with Crippen LogP contribution in [-0.2, 0) is 15.6 Å². The van der Waals surface area contributed by atoms with Gasteiger partial charge in [-0.3, -0.25) is 9.78 Å². The lowest BCUT2D eigenvalue weighted by Crippen LogP contribution is -2.46. The van der Waals surface area contributed by atoms with Crippen LogP contribution in [0.1, 0.15) is 84.0 Å². The summed E-state index contributed by atoms with van der Waals surface area (Å²) in [5.41, 5.74) is 12.4. The van der Waals surface area contributed by atoms with Crippen LogP contribution in [0.4, 0.5) is 0 Å². The summed E-state index contributed by atoms with van der Waals surface area (Å²) < 4.78 is 0. The van der Waals surface area contributed by atoms with Gasteiger partial charge < -0.3 is 15.7 Å². The van der Waals surface area contributed by atoms with Crippen molar-refractivity contribution in [1.29, 1.82) is 0 Å². The molecule has 0 saturated heterocycles. The van der Waals surface area contributed by atoms with E-state index in [4.69, 9.17) is 10.8 Å². The van der Waals surface area contributed by atoms with E-state index >= 15 is 0 Å². The highest BCUT2D eigenvalue weighted by atomic mass is 16.3. The van der Waals surface area contributed by atoms with Crippen LogP contribution in [0.2, 0.25) is 0 Å². The van der Waals surface area contributed by atoms with Crippen molar-refractivity contribution in [1.82, 2.24) is 9.88 Å². The first kappa shape index (κ1) is 28.0. The van der Waals surface area contributed by atoms with Crippen molar-refractivity contribution in [3.63, 3.8) is 0 Å². The van der Waals surface area contributed by atoms with Gasteiger partial charge in [0.2, 0.25) is 5.91 Å². The van der Waals surface area contributed by atoms with E-state index in [1.54, 1.807) is 4.90 Å². The van der Waals surface area contributed by atoms with E-state index < -0.39 is 6.04 Å². The first-order valence-corrected chi connectivity index (χ1v) is 12.7. The second kappa shape index (κ2) is 11.9. The number of amides is 1. The summed E-state index contributed by atoms with van der Waals surface area (Å²) >= 11 is 0. The Labute approximate surface area is 206 Å². The van der Waals surface area contributed by atoms with Gasteiger partial charge in [0.1, 0.15) is 6.04 Å². The fraction of sp³-hybridized carbons (Fsp3) is 0.586. The molecule has 1 aromatic heterocycles. The molecule has 5 heteroatoms. The minimum absolute atomic E-state index is 0.147. The third-order valence-electron chi connectivity index (χ3n) is 6.85. The van der Waals surface area contributed by atoms with Crippen LogP contribution in [0.25, 0.3) is 11.3 Å². The smallest absolute Gasteiger partial charge is 0.241 e. The lowest BCUT2D eigenvalue weighted by molar-refractivity contribution is -0.133. The highest BCUT2D eigenvalue weighted by Gasteiger charge is 2.37. The number of carbonyl (C=O) groups excluding carboxylic acids is 1. The van der Waals surface area contributed by atoms with Crippen molar-refractivity contribution < 1.29 is 9.90 Å². The zero-order valence-electron chi connectivity index (χ0n) is 22.3. The first-order valence-electron chi connectivity index (χ1n) is 12.7. The standard InChI is InChI=1S/C20H25N.C9H20N2O2/c1-14-7-6-8-18(21-14)15-9-10-16-17(13-15)20(4,5)12-11-19(16,2)3;1-3-5-11(6-4-2)9(13)8(10)7-12/h6-10,13H,11-12H2,1-5H3;8,12H,3-7,10H2,1-2H3. The number of rotatable bonds is 7. The number of fused-ring (bicyclic) bond motifs is 1. The molecule has 0 spiro atoms. The topological polar surface area (TPSA) is 79.5 Å². The normalized spacial score (nSPS) is 16.6. The number of pyridine rings is 1. The molecule has 1 unspecified atom stereocenters. The quantitative estimate of drug-likeness (QED) is 0.574. The third-order valence-corrected chi connectivity index (χ3v) is 6.85. The summed E-state index contributed by atoms with van der Waals surface area (Å²) in [6.07, 6.45) is 4.35. The zero-order valence-corrected chi connectivity index (χ0v) is 22.3. The van der Waals surface area contributed by atoms with Crippen molar-refractivity contribution >= 4 is 5.91 Å². The van der Waals surface area contributed by atoms with Crippen molar-refractivity contribution in [2.45, 2.75) is 91.0 Å². The number of aliphatic hydroxyl groups is 1. The molecule has 2 aromatic rings. The van der Waals surface area contributed by atoms with Crippen LogP contribution in [0.3, 0.4) is 0 Å². The summed E-state index contributed by atoms with van der Waals surface area (Å²) in [6.45, 7) is 16.7. The molecule has 1 aliphatic rings. The fourth-order valence-corrected chi connectivity index (χ4v) is 4.64. The monoisotopic (exact) mass is 467 g/mol. The number of aliphatic hydroxyl groups excluding tert-OH is 1. The number of carbonyl (C=O) groups is 1. The molecule has 34 heavy (non-hydrogen) atoms. The molecule has 1 heterocycles. The zero-order chi connectivity index (χ0) is 25.5. The van der Waals surface area contributed by atoms with Gasteiger partial charge in [0.15, 0.2) is 0 Å². The molecule has 188 valence electrons. The van der Waals surface area contributed by atoms with Crippen LogP contribution in [0, 0.1) is 6.92 Å². The highest BCUT2D eigenvalue weighted by molar-refractivity contribution is 5.81. The van der Waals surface area contributed by atoms with Gasteiger partial charge in [0.05, 0.1) is 12.3 Å². The van der Waals surface area contributed by atoms with E-state index in [1.165, 1.54) is 29.5 Å². The Morgan fingerprint density at radius 3 is 2.15 bits per heavy atom. The van der Waals surface area contributed by atoms with Crippen LogP contribution < -0.4 is 5.73 Å². The Bertz CT molecular complexity index is 946. The maximum atomic E-state index is 11.5. The molecule has 3 rings (SSSR count).